The largest absolute Gasteiger partial charge is 0.443 e. The van der Waals surface area contributed by atoms with Crippen molar-refractivity contribution < 1.29 is 14.3 Å². The van der Waals surface area contributed by atoms with Gasteiger partial charge in [-0.15, -0.1) is 0 Å². The number of amides is 2. The Hall–Kier alpha value is -1.75. The number of ether oxygens (including phenoxy) is 1. The van der Waals surface area contributed by atoms with Crippen molar-refractivity contribution in [2.24, 2.45) is 0 Å². The Morgan fingerprint density at radius 1 is 1.26 bits per heavy atom. The van der Waals surface area contributed by atoms with Gasteiger partial charge in [0, 0.05) is 5.02 Å². The molecule has 2 amide bonds. The molecule has 0 unspecified atom stereocenters. The van der Waals surface area contributed by atoms with Gasteiger partial charge >= 0.3 is 6.09 Å². The molecule has 1 rings (SSSR count). The van der Waals surface area contributed by atoms with Crippen LogP contribution in [0.5, 0.6) is 0 Å². The van der Waals surface area contributed by atoms with Gasteiger partial charge in [0.25, 0.3) is 0 Å². The predicted octanol–water partition coefficient (Wildman–Crippen LogP) is 2.44. The van der Waals surface area contributed by atoms with E-state index in [9.17, 15) is 9.59 Å². The molecule has 0 saturated carbocycles. The van der Waals surface area contributed by atoms with Gasteiger partial charge in [0.2, 0.25) is 5.91 Å². The molecule has 0 heterocycles. The minimum Gasteiger partial charge on any atom is -0.443 e. The van der Waals surface area contributed by atoms with Crippen molar-refractivity contribution in [1.82, 2.24) is 10.9 Å². The highest BCUT2D eigenvalue weighted by atomic mass is 35.5. The summed E-state index contributed by atoms with van der Waals surface area (Å²) in [5, 5.41) is 0.561. The molecule has 0 fully saturated rings. The van der Waals surface area contributed by atoms with Crippen molar-refractivity contribution >= 4 is 23.6 Å². The molecular formula is C13H17ClN2O3. The maximum absolute atomic E-state index is 11.6. The lowest BCUT2D eigenvalue weighted by Gasteiger charge is -2.19. The van der Waals surface area contributed by atoms with Gasteiger partial charge in [0.1, 0.15) is 5.60 Å². The summed E-state index contributed by atoms with van der Waals surface area (Å²) in [5.74, 6) is -0.354. The normalized spacial score (nSPS) is 10.7. The number of benzene rings is 1. The molecule has 2 N–H and O–H groups in total. The minimum absolute atomic E-state index is 0.121. The van der Waals surface area contributed by atoms with Crippen LogP contribution in [0.3, 0.4) is 0 Å². The molecule has 19 heavy (non-hydrogen) atoms. The fourth-order valence-electron chi connectivity index (χ4n) is 1.30. The van der Waals surface area contributed by atoms with E-state index in [0.29, 0.717) is 5.02 Å². The molecule has 0 aliphatic carbocycles. The summed E-state index contributed by atoms with van der Waals surface area (Å²) in [4.78, 5) is 22.9. The SMILES string of the molecule is CC(C)(C)OC(=O)NNC(=O)Cc1cccc(Cl)c1. The second-order valence-corrected chi connectivity index (χ2v) is 5.42. The van der Waals surface area contributed by atoms with Crippen LogP contribution in [0.25, 0.3) is 0 Å². The van der Waals surface area contributed by atoms with E-state index in [2.05, 4.69) is 10.9 Å². The quantitative estimate of drug-likeness (QED) is 0.820. The Kier molecular flexibility index (Phi) is 5.18. The van der Waals surface area contributed by atoms with Crippen LogP contribution in [0, 0.1) is 0 Å². The van der Waals surface area contributed by atoms with Gasteiger partial charge in [-0.2, -0.15) is 0 Å². The molecule has 0 bridgehead atoms. The van der Waals surface area contributed by atoms with Crippen LogP contribution in [0.1, 0.15) is 26.3 Å². The van der Waals surface area contributed by atoms with Gasteiger partial charge in [0.15, 0.2) is 0 Å². The van der Waals surface area contributed by atoms with Crippen LogP contribution >= 0.6 is 11.6 Å². The number of carbonyl (C=O) groups is 2. The minimum atomic E-state index is -0.702. The summed E-state index contributed by atoms with van der Waals surface area (Å²) in [5.41, 5.74) is 4.60. The van der Waals surface area contributed by atoms with Gasteiger partial charge in [-0.25, -0.2) is 10.2 Å². The van der Waals surface area contributed by atoms with Crippen molar-refractivity contribution in [2.75, 3.05) is 0 Å². The van der Waals surface area contributed by atoms with Crippen LogP contribution in [0.15, 0.2) is 24.3 Å². The highest BCUT2D eigenvalue weighted by Gasteiger charge is 2.16. The molecular weight excluding hydrogens is 268 g/mol. The Morgan fingerprint density at radius 2 is 1.95 bits per heavy atom. The highest BCUT2D eigenvalue weighted by Crippen LogP contribution is 2.11. The van der Waals surface area contributed by atoms with Crippen LogP contribution < -0.4 is 10.9 Å². The summed E-state index contributed by atoms with van der Waals surface area (Å²) < 4.78 is 4.97. The van der Waals surface area contributed by atoms with Crippen molar-refractivity contribution in [3.05, 3.63) is 34.9 Å². The lowest BCUT2D eigenvalue weighted by Crippen LogP contribution is -2.44. The van der Waals surface area contributed by atoms with Crippen molar-refractivity contribution in [2.45, 2.75) is 32.8 Å². The number of nitrogens with one attached hydrogen (secondary N) is 2. The van der Waals surface area contributed by atoms with Gasteiger partial charge in [-0.05, 0) is 38.5 Å². The topological polar surface area (TPSA) is 67.4 Å². The molecule has 0 atom stereocenters. The Bertz CT molecular complexity index is 469. The molecule has 104 valence electrons. The number of hydrogen-bond donors (Lipinski definition) is 2. The molecule has 0 aromatic heterocycles. The summed E-state index contributed by atoms with van der Waals surface area (Å²) in [6, 6.07) is 6.95. The zero-order valence-corrected chi connectivity index (χ0v) is 11.9. The number of rotatable bonds is 2. The first-order valence-electron chi connectivity index (χ1n) is 5.78. The maximum atomic E-state index is 11.6. The number of halogens is 1. The molecule has 0 saturated heterocycles. The van der Waals surface area contributed by atoms with E-state index in [-0.39, 0.29) is 12.3 Å². The van der Waals surface area contributed by atoms with Gasteiger partial charge in [0.05, 0.1) is 6.42 Å². The summed E-state index contributed by atoms with van der Waals surface area (Å²) in [7, 11) is 0. The first kappa shape index (κ1) is 15.3. The zero-order valence-electron chi connectivity index (χ0n) is 11.1. The Morgan fingerprint density at radius 3 is 2.53 bits per heavy atom. The van der Waals surface area contributed by atoms with Crippen molar-refractivity contribution in [3.8, 4) is 0 Å². The van der Waals surface area contributed by atoms with E-state index in [1.165, 1.54) is 0 Å². The van der Waals surface area contributed by atoms with Gasteiger partial charge in [-0.3, -0.25) is 10.2 Å². The standard InChI is InChI=1S/C13H17ClN2O3/c1-13(2,3)19-12(18)16-15-11(17)8-9-5-4-6-10(14)7-9/h4-7H,8H2,1-3H3,(H,15,17)(H,16,18). The van der Waals surface area contributed by atoms with E-state index in [1.807, 2.05) is 0 Å². The lowest BCUT2D eigenvalue weighted by molar-refractivity contribution is -0.121. The van der Waals surface area contributed by atoms with E-state index in [4.69, 9.17) is 16.3 Å². The van der Waals surface area contributed by atoms with E-state index >= 15 is 0 Å². The third-order valence-corrected chi connectivity index (χ3v) is 2.19. The van der Waals surface area contributed by atoms with Gasteiger partial charge in [-0.1, -0.05) is 23.7 Å². The maximum Gasteiger partial charge on any atom is 0.426 e. The third kappa shape index (κ3) is 6.67. The second-order valence-electron chi connectivity index (χ2n) is 4.98. The molecule has 6 heteroatoms. The number of hydrazine groups is 1. The molecule has 1 aromatic carbocycles. The Labute approximate surface area is 117 Å². The van der Waals surface area contributed by atoms with Gasteiger partial charge < -0.3 is 4.74 Å². The molecule has 0 aliphatic rings. The monoisotopic (exact) mass is 284 g/mol. The fraction of sp³-hybridized carbons (Fsp3) is 0.385. The third-order valence-electron chi connectivity index (χ3n) is 1.96. The molecule has 5 nitrogen and oxygen atoms in total. The number of carbonyl (C=O) groups excluding carboxylic acids is 2. The summed E-state index contributed by atoms with van der Waals surface area (Å²) in [6.45, 7) is 5.21. The average Bonchev–Trinajstić information content (AvgIpc) is 2.24. The number of hydrogen-bond acceptors (Lipinski definition) is 3. The molecule has 0 radical (unpaired) electrons. The lowest BCUT2D eigenvalue weighted by atomic mass is 10.1. The van der Waals surface area contributed by atoms with Crippen LogP contribution in [-0.4, -0.2) is 17.6 Å². The smallest absolute Gasteiger partial charge is 0.426 e. The van der Waals surface area contributed by atoms with Crippen molar-refractivity contribution in [1.29, 1.82) is 0 Å². The van der Waals surface area contributed by atoms with Crippen molar-refractivity contribution in [3.63, 3.8) is 0 Å². The first-order valence-corrected chi connectivity index (χ1v) is 6.16. The van der Waals surface area contributed by atoms with Crippen LogP contribution in [0.2, 0.25) is 5.02 Å². The first-order chi connectivity index (χ1) is 8.76. The van der Waals surface area contributed by atoms with E-state index < -0.39 is 11.7 Å². The van der Waals surface area contributed by atoms with Crippen LogP contribution in [0.4, 0.5) is 4.79 Å². The summed E-state index contributed by atoms with van der Waals surface area (Å²) in [6.07, 6.45) is -0.581. The van der Waals surface area contributed by atoms with Crippen LogP contribution in [-0.2, 0) is 16.0 Å². The Balaban J connectivity index is 2.38. The fourth-order valence-corrected chi connectivity index (χ4v) is 1.51. The van der Waals surface area contributed by atoms with E-state index in [1.54, 1.807) is 45.0 Å². The summed E-state index contributed by atoms with van der Waals surface area (Å²) >= 11 is 5.81. The molecule has 0 aliphatic heterocycles. The average molecular weight is 285 g/mol. The molecule has 0 spiro atoms. The van der Waals surface area contributed by atoms with E-state index in [0.717, 1.165) is 5.56 Å². The second kappa shape index (κ2) is 6.43. The zero-order chi connectivity index (χ0) is 14.5. The molecule has 1 aromatic rings. The predicted molar refractivity (Wildman–Crippen MR) is 72.7 cm³/mol. The highest BCUT2D eigenvalue weighted by molar-refractivity contribution is 6.30.